The van der Waals surface area contributed by atoms with Crippen molar-refractivity contribution < 1.29 is 39.8 Å². The molecule has 9 nitrogen and oxygen atoms in total. The zero-order valence-electron chi connectivity index (χ0n) is 43.2. The van der Waals surface area contributed by atoms with E-state index in [4.69, 9.17) is 9.47 Å². The van der Waals surface area contributed by atoms with Crippen molar-refractivity contribution in [2.24, 2.45) is 0 Å². The maximum absolute atomic E-state index is 13.0. The molecule has 6 N–H and O–H groups in total. The van der Waals surface area contributed by atoms with Crippen LogP contribution in [0.2, 0.25) is 0 Å². The van der Waals surface area contributed by atoms with Crippen LogP contribution in [0.1, 0.15) is 277 Å². The van der Waals surface area contributed by atoms with Gasteiger partial charge in [-0.3, -0.25) is 4.79 Å². The fourth-order valence-corrected chi connectivity index (χ4v) is 9.23. The summed E-state index contributed by atoms with van der Waals surface area (Å²) in [7, 11) is 0. The van der Waals surface area contributed by atoms with Crippen LogP contribution in [-0.2, 0) is 14.3 Å². The molecule has 7 unspecified atom stereocenters. The van der Waals surface area contributed by atoms with Crippen molar-refractivity contribution in [3.8, 4) is 0 Å². The van der Waals surface area contributed by atoms with Gasteiger partial charge in [-0.1, -0.05) is 263 Å². The second-order valence-corrected chi connectivity index (χ2v) is 20.1. The Morgan fingerprint density at radius 3 is 1.27 bits per heavy atom. The van der Waals surface area contributed by atoms with Crippen molar-refractivity contribution in [2.45, 2.75) is 320 Å². The fraction of sp³-hybridized carbons (Fsp3) is 0.912. The summed E-state index contributed by atoms with van der Waals surface area (Å²) in [6.45, 7) is 3.79. The third-order valence-electron chi connectivity index (χ3n) is 13.8. The number of rotatable bonds is 49. The lowest BCUT2D eigenvalue weighted by atomic mass is 9.99. The van der Waals surface area contributed by atoms with Gasteiger partial charge in [-0.15, -0.1) is 0 Å². The molecule has 7 atom stereocenters. The molecule has 0 radical (unpaired) electrons. The first-order valence-corrected chi connectivity index (χ1v) is 28.6. The zero-order valence-corrected chi connectivity index (χ0v) is 43.2. The lowest BCUT2D eigenvalue weighted by Gasteiger charge is -2.40. The number of ether oxygens (including phenoxy) is 2. The highest BCUT2D eigenvalue weighted by Gasteiger charge is 2.44. The maximum Gasteiger partial charge on any atom is 0.220 e. The fourth-order valence-electron chi connectivity index (χ4n) is 9.23. The summed E-state index contributed by atoms with van der Waals surface area (Å²) in [6.07, 6.45) is 52.5. The third-order valence-corrected chi connectivity index (χ3v) is 13.8. The average Bonchev–Trinajstić information content (AvgIpc) is 3.32. The van der Waals surface area contributed by atoms with Gasteiger partial charge in [0.2, 0.25) is 5.91 Å². The van der Waals surface area contributed by atoms with E-state index >= 15 is 0 Å². The van der Waals surface area contributed by atoms with E-state index in [1.54, 1.807) is 6.08 Å². The molecular formula is C57H109NO8. The highest BCUT2D eigenvalue weighted by atomic mass is 16.7. The Hall–Kier alpha value is -1.33. The van der Waals surface area contributed by atoms with E-state index in [0.717, 1.165) is 38.5 Å². The van der Waals surface area contributed by atoms with Crippen LogP contribution in [0.5, 0.6) is 0 Å². The number of hydrogen-bond donors (Lipinski definition) is 6. The van der Waals surface area contributed by atoms with Gasteiger partial charge in [0.05, 0.1) is 25.4 Å². The number of aliphatic hydroxyl groups excluding tert-OH is 5. The molecule has 0 aliphatic carbocycles. The summed E-state index contributed by atoms with van der Waals surface area (Å²) < 4.78 is 11.2. The minimum absolute atomic E-state index is 0.181. The minimum Gasteiger partial charge on any atom is -0.394 e. The van der Waals surface area contributed by atoms with Crippen molar-refractivity contribution in [1.82, 2.24) is 5.32 Å². The standard InChI is InChI=1S/C57H109NO8/c1-3-5-7-9-11-13-15-17-19-21-22-23-24-25-26-27-28-29-30-31-33-35-37-39-41-43-45-47-53(61)58-50(49-65-57-56(64)55(63)54(62)52(48-59)66-57)51(60)46-44-42-40-38-36-34-32-20-18-16-14-12-10-8-6-4-2/h36,38,44,46,50-52,54-57,59-60,62-64H,3-35,37,39-43,45,47-49H2,1-2H3,(H,58,61)/b38-36+,46-44+. The first kappa shape index (κ1) is 62.7. The molecule has 0 aromatic rings. The van der Waals surface area contributed by atoms with E-state index < -0.39 is 49.5 Å². The minimum atomic E-state index is -1.57. The average molecular weight is 936 g/mol. The molecule has 0 aromatic heterocycles. The number of allylic oxidation sites excluding steroid dienone is 3. The number of carbonyl (C=O) groups is 1. The molecule has 0 bridgehead atoms. The number of amides is 1. The predicted octanol–water partition coefficient (Wildman–Crippen LogP) is 13.8. The highest BCUT2D eigenvalue weighted by Crippen LogP contribution is 2.23. The van der Waals surface area contributed by atoms with Crippen LogP contribution in [0.3, 0.4) is 0 Å². The van der Waals surface area contributed by atoms with Crippen LogP contribution >= 0.6 is 0 Å². The van der Waals surface area contributed by atoms with Crippen LogP contribution in [0.25, 0.3) is 0 Å². The second-order valence-electron chi connectivity index (χ2n) is 20.1. The third kappa shape index (κ3) is 36.6. The summed E-state index contributed by atoms with van der Waals surface area (Å²) in [5.74, 6) is -0.181. The number of nitrogens with one attached hydrogen (secondary N) is 1. The molecule has 1 amide bonds. The Bertz CT molecular complexity index is 1090. The van der Waals surface area contributed by atoms with Gasteiger partial charge in [0.1, 0.15) is 24.4 Å². The van der Waals surface area contributed by atoms with Crippen LogP contribution in [-0.4, -0.2) is 87.5 Å². The van der Waals surface area contributed by atoms with E-state index in [2.05, 4.69) is 31.3 Å². The van der Waals surface area contributed by atoms with Gasteiger partial charge in [-0.2, -0.15) is 0 Å². The van der Waals surface area contributed by atoms with Crippen LogP contribution in [0.15, 0.2) is 24.3 Å². The van der Waals surface area contributed by atoms with Crippen LogP contribution in [0, 0.1) is 0 Å². The maximum atomic E-state index is 13.0. The monoisotopic (exact) mass is 936 g/mol. The Morgan fingerprint density at radius 1 is 0.500 bits per heavy atom. The SMILES string of the molecule is CCCCCCCCCCCC/C=C/CC/C=C/C(O)C(COC1OC(CO)C(O)C(O)C1O)NC(=O)CCCCCCCCCCCCCCCCCCCCCCCCCCCCC. The smallest absolute Gasteiger partial charge is 0.220 e. The molecule has 0 saturated carbocycles. The molecule has 1 rings (SSSR count). The van der Waals surface area contributed by atoms with Gasteiger partial charge in [-0.05, 0) is 32.1 Å². The van der Waals surface area contributed by atoms with E-state index in [1.165, 1.54) is 218 Å². The highest BCUT2D eigenvalue weighted by molar-refractivity contribution is 5.76. The van der Waals surface area contributed by atoms with E-state index in [1.807, 2.05) is 6.08 Å². The summed E-state index contributed by atoms with van der Waals surface area (Å²) in [5, 5.41) is 54.4. The molecular weight excluding hydrogens is 827 g/mol. The number of unbranched alkanes of at least 4 members (excludes halogenated alkanes) is 37. The Morgan fingerprint density at radius 2 is 0.864 bits per heavy atom. The molecule has 1 heterocycles. The molecule has 1 aliphatic heterocycles. The van der Waals surface area contributed by atoms with Crippen molar-refractivity contribution in [2.75, 3.05) is 13.2 Å². The molecule has 1 saturated heterocycles. The Kier molecular flexibility index (Phi) is 45.0. The number of carbonyl (C=O) groups excluding carboxylic acids is 1. The van der Waals surface area contributed by atoms with Crippen LogP contribution in [0.4, 0.5) is 0 Å². The Labute approximate surface area is 407 Å². The van der Waals surface area contributed by atoms with Gasteiger partial charge >= 0.3 is 0 Å². The number of aliphatic hydroxyl groups is 5. The summed E-state index contributed by atoms with van der Waals surface area (Å²) in [5.41, 5.74) is 0. The van der Waals surface area contributed by atoms with Gasteiger partial charge in [0.15, 0.2) is 6.29 Å². The molecule has 1 aliphatic rings. The molecule has 66 heavy (non-hydrogen) atoms. The quantitative estimate of drug-likeness (QED) is 0.0261. The van der Waals surface area contributed by atoms with Crippen molar-refractivity contribution in [1.29, 1.82) is 0 Å². The van der Waals surface area contributed by atoms with Crippen molar-refractivity contribution in [3.63, 3.8) is 0 Å². The second kappa shape index (κ2) is 47.4. The first-order valence-electron chi connectivity index (χ1n) is 28.6. The van der Waals surface area contributed by atoms with Gasteiger partial charge in [0.25, 0.3) is 0 Å². The largest absolute Gasteiger partial charge is 0.394 e. The molecule has 390 valence electrons. The molecule has 1 fully saturated rings. The lowest BCUT2D eigenvalue weighted by Crippen LogP contribution is -2.60. The van der Waals surface area contributed by atoms with Gasteiger partial charge in [0, 0.05) is 6.42 Å². The summed E-state index contributed by atoms with van der Waals surface area (Å²) in [6, 6.07) is -0.818. The van der Waals surface area contributed by atoms with E-state index in [9.17, 15) is 30.3 Å². The van der Waals surface area contributed by atoms with Crippen molar-refractivity contribution in [3.05, 3.63) is 24.3 Å². The van der Waals surface area contributed by atoms with E-state index in [-0.39, 0.29) is 12.5 Å². The summed E-state index contributed by atoms with van der Waals surface area (Å²) >= 11 is 0. The Balaban J connectivity index is 2.19. The van der Waals surface area contributed by atoms with Gasteiger partial charge in [-0.25, -0.2) is 0 Å². The van der Waals surface area contributed by atoms with Crippen LogP contribution < -0.4 is 5.32 Å². The topological polar surface area (TPSA) is 149 Å². The lowest BCUT2D eigenvalue weighted by molar-refractivity contribution is -0.302. The molecule has 9 heteroatoms. The first-order chi connectivity index (χ1) is 32.3. The number of hydrogen-bond acceptors (Lipinski definition) is 8. The van der Waals surface area contributed by atoms with Gasteiger partial charge < -0.3 is 40.3 Å². The molecule has 0 aromatic carbocycles. The molecule has 0 spiro atoms. The zero-order chi connectivity index (χ0) is 48.0. The summed E-state index contributed by atoms with van der Waals surface area (Å²) in [4.78, 5) is 13.0. The van der Waals surface area contributed by atoms with Crippen molar-refractivity contribution >= 4 is 5.91 Å². The normalized spacial score (nSPS) is 19.9. The van der Waals surface area contributed by atoms with E-state index in [0.29, 0.717) is 6.42 Å². The predicted molar refractivity (Wildman–Crippen MR) is 277 cm³/mol.